The van der Waals surface area contributed by atoms with E-state index in [2.05, 4.69) is 10.1 Å². The number of rotatable bonds is 3. The minimum Gasteiger partial charge on any atom is -0.468 e. The first-order chi connectivity index (χ1) is 8.10. The third-order valence-electron chi connectivity index (χ3n) is 2.64. The van der Waals surface area contributed by atoms with Gasteiger partial charge in [-0.05, 0) is 19.1 Å². The van der Waals surface area contributed by atoms with Gasteiger partial charge in [0.1, 0.15) is 24.1 Å². The number of hydrogen-bond donors (Lipinski definition) is 1. The minimum absolute atomic E-state index is 0.0431. The molecule has 1 aliphatic heterocycles. The minimum atomic E-state index is -0.434. The Labute approximate surface area is 98.5 Å². The zero-order chi connectivity index (χ0) is 12.4. The molecule has 0 aromatic carbocycles. The number of aryl methyl sites for hydroxylation is 1. The van der Waals surface area contributed by atoms with E-state index in [1.54, 1.807) is 0 Å². The van der Waals surface area contributed by atoms with E-state index in [1.807, 2.05) is 19.1 Å². The largest absolute Gasteiger partial charge is 0.468 e. The van der Waals surface area contributed by atoms with E-state index in [-0.39, 0.29) is 18.6 Å². The summed E-state index contributed by atoms with van der Waals surface area (Å²) in [5.74, 6) is 1.06. The third-order valence-corrected chi connectivity index (χ3v) is 2.64. The monoisotopic (exact) mass is 238 g/mol. The van der Waals surface area contributed by atoms with Crippen LogP contribution >= 0.6 is 0 Å². The van der Waals surface area contributed by atoms with Crippen molar-refractivity contribution in [1.29, 1.82) is 0 Å². The Morgan fingerprint density at radius 3 is 3.00 bits per heavy atom. The van der Waals surface area contributed by atoms with E-state index in [9.17, 15) is 9.59 Å². The summed E-state index contributed by atoms with van der Waals surface area (Å²) in [5.41, 5.74) is 0. The number of amides is 2. The van der Waals surface area contributed by atoms with Crippen molar-refractivity contribution in [3.05, 3.63) is 23.7 Å². The molecule has 6 heteroatoms. The molecule has 2 heterocycles. The number of carbonyl (C=O) groups excluding carboxylic acids is 2. The summed E-state index contributed by atoms with van der Waals surface area (Å²) >= 11 is 0. The van der Waals surface area contributed by atoms with Crippen LogP contribution in [0.2, 0.25) is 0 Å². The van der Waals surface area contributed by atoms with Gasteiger partial charge in [-0.25, -0.2) is 4.79 Å². The second-order valence-electron chi connectivity index (χ2n) is 3.91. The molecule has 0 saturated carbocycles. The standard InChI is InChI=1S/C11H14N2O4/c1-7-3-4-9(17-7)8-5-13(11(15)12-8)6-10(14)16-2/h3-4,8H,5-6H2,1-2H3,(H,12,15). The van der Waals surface area contributed by atoms with Gasteiger partial charge in [0, 0.05) is 0 Å². The van der Waals surface area contributed by atoms with Gasteiger partial charge in [-0.2, -0.15) is 0 Å². The number of furan rings is 1. The topological polar surface area (TPSA) is 71.8 Å². The molecule has 1 saturated heterocycles. The lowest BCUT2D eigenvalue weighted by molar-refractivity contribution is -0.141. The highest BCUT2D eigenvalue weighted by molar-refractivity contribution is 5.82. The van der Waals surface area contributed by atoms with Crippen molar-refractivity contribution in [2.75, 3.05) is 20.2 Å². The molecule has 92 valence electrons. The second kappa shape index (κ2) is 4.48. The number of urea groups is 1. The molecular formula is C11H14N2O4. The van der Waals surface area contributed by atoms with Crippen molar-refractivity contribution in [2.24, 2.45) is 0 Å². The molecule has 1 unspecified atom stereocenters. The van der Waals surface area contributed by atoms with Crippen LogP contribution in [0, 0.1) is 6.92 Å². The number of esters is 1. The van der Waals surface area contributed by atoms with Gasteiger partial charge >= 0.3 is 12.0 Å². The zero-order valence-electron chi connectivity index (χ0n) is 9.73. The van der Waals surface area contributed by atoms with Crippen molar-refractivity contribution >= 4 is 12.0 Å². The van der Waals surface area contributed by atoms with Gasteiger partial charge in [-0.3, -0.25) is 4.79 Å². The van der Waals surface area contributed by atoms with Crippen LogP contribution in [0.5, 0.6) is 0 Å². The lowest BCUT2D eigenvalue weighted by Gasteiger charge is -2.11. The smallest absolute Gasteiger partial charge is 0.325 e. The molecule has 17 heavy (non-hydrogen) atoms. The predicted octanol–water partition coefficient (Wildman–Crippen LogP) is 0.827. The van der Waals surface area contributed by atoms with Crippen LogP contribution in [0.3, 0.4) is 0 Å². The first-order valence-electron chi connectivity index (χ1n) is 5.28. The first-order valence-corrected chi connectivity index (χ1v) is 5.28. The number of ether oxygens (including phenoxy) is 1. The highest BCUT2D eigenvalue weighted by Crippen LogP contribution is 2.21. The molecule has 0 spiro atoms. The Kier molecular flexibility index (Phi) is 3.03. The molecular weight excluding hydrogens is 224 g/mol. The average Bonchev–Trinajstić information content (AvgIpc) is 2.86. The van der Waals surface area contributed by atoms with Crippen LogP contribution < -0.4 is 5.32 Å². The van der Waals surface area contributed by atoms with Crippen LogP contribution in [0.25, 0.3) is 0 Å². The zero-order valence-corrected chi connectivity index (χ0v) is 9.73. The molecule has 1 aliphatic rings. The van der Waals surface area contributed by atoms with E-state index in [1.165, 1.54) is 12.0 Å². The Bertz CT molecular complexity index is 440. The molecule has 2 rings (SSSR count). The fraction of sp³-hybridized carbons (Fsp3) is 0.455. The molecule has 6 nitrogen and oxygen atoms in total. The molecule has 1 atom stereocenters. The third kappa shape index (κ3) is 2.41. The normalized spacial score (nSPS) is 19.3. The Morgan fingerprint density at radius 1 is 1.65 bits per heavy atom. The molecule has 1 aromatic rings. The van der Waals surface area contributed by atoms with Crippen LogP contribution in [0.4, 0.5) is 4.79 Å². The van der Waals surface area contributed by atoms with E-state index in [4.69, 9.17) is 4.42 Å². The van der Waals surface area contributed by atoms with Crippen molar-refractivity contribution in [3.8, 4) is 0 Å². The molecule has 0 bridgehead atoms. The van der Waals surface area contributed by atoms with Gasteiger partial charge in [-0.1, -0.05) is 0 Å². The number of nitrogens with zero attached hydrogens (tertiary/aromatic N) is 1. The van der Waals surface area contributed by atoms with Crippen LogP contribution in [-0.2, 0) is 9.53 Å². The van der Waals surface area contributed by atoms with Gasteiger partial charge < -0.3 is 19.4 Å². The number of carbonyl (C=O) groups is 2. The van der Waals surface area contributed by atoms with Crippen molar-refractivity contribution < 1.29 is 18.7 Å². The second-order valence-corrected chi connectivity index (χ2v) is 3.91. The number of methoxy groups -OCH3 is 1. The van der Waals surface area contributed by atoms with Crippen LogP contribution in [0.1, 0.15) is 17.6 Å². The summed E-state index contributed by atoms with van der Waals surface area (Å²) in [5, 5.41) is 2.75. The summed E-state index contributed by atoms with van der Waals surface area (Å²) < 4.78 is 9.96. The fourth-order valence-corrected chi connectivity index (χ4v) is 1.75. The molecule has 0 radical (unpaired) electrons. The van der Waals surface area contributed by atoms with Gasteiger partial charge in [0.05, 0.1) is 13.7 Å². The lowest BCUT2D eigenvalue weighted by Crippen LogP contribution is -2.33. The quantitative estimate of drug-likeness (QED) is 0.791. The van der Waals surface area contributed by atoms with E-state index >= 15 is 0 Å². The van der Waals surface area contributed by atoms with E-state index < -0.39 is 5.97 Å². The van der Waals surface area contributed by atoms with Gasteiger partial charge in [-0.15, -0.1) is 0 Å². The van der Waals surface area contributed by atoms with Crippen molar-refractivity contribution in [1.82, 2.24) is 10.2 Å². The molecule has 1 N–H and O–H groups in total. The fourth-order valence-electron chi connectivity index (χ4n) is 1.75. The van der Waals surface area contributed by atoms with Gasteiger partial charge in [0.15, 0.2) is 0 Å². The highest BCUT2D eigenvalue weighted by atomic mass is 16.5. The Morgan fingerprint density at radius 2 is 2.41 bits per heavy atom. The first kappa shape index (κ1) is 11.5. The SMILES string of the molecule is COC(=O)CN1CC(c2ccc(C)o2)NC1=O. The summed E-state index contributed by atoms with van der Waals surface area (Å²) in [6.45, 7) is 2.20. The summed E-state index contributed by atoms with van der Waals surface area (Å²) in [7, 11) is 1.30. The maximum atomic E-state index is 11.6. The molecule has 2 amide bonds. The maximum absolute atomic E-state index is 11.6. The Balaban J connectivity index is 2.02. The van der Waals surface area contributed by atoms with E-state index in [0.29, 0.717) is 12.3 Å². The molecule has 1 fully saturated rings. The Hall–Kier alpha value is -1.98. The number of nitrogens with one attached hydrogen (secondary N) is 1. The van der Waals surface area contributed by atoms with Crippen LogP contribution in [-0.4, -0.2) is 37.1 Å². The lowest BCUT2D eigenvalue weighted by atomic mass is 10.2. The summed E-state index contributed by atoms with van der Waals surface area (Å²) in [6.07, 6.45) is 0. The molecule has 0 aliphatic carbocycles. The van der Waals surface area contributed by atoms with Gasteiger partial charge in [0.25, 0.3) is 0 Å². The average molecular weight is 238 g/mol. The summed E-state index contributed by atoms with van der Waals surface area (Å²) in [4.78, 5) is 24.1. The highest BCUT2D eigenvalue weighted by Gasteiger charge is 2.32. The van der Waals surface area contributed by atoms with Crippen molar-refractivity contribution in [3.63, 3.8) is 0 Å². The number of hydrogen-bond acceptors (Lipinski definition) is 4. The maximum Gasteiger partial charge on any atom is 0.325 e. The van der Waals surface area contributed by atoms with Crippen LogP contribution in [0.15, 0.2) is 16.5 Å². The van der Waals surface area contributed by atoms with Crippen molar-refractivity contribution in [2.45, 2.75) is 13.0 Å². The van der Waals surface area contributed by atoms with E-state index in [0.717, 1.165) is 5.76 Å². The van der Waals surface area contributed by atoms with Gasteiger partial charge in [0.2, 0.25) is 0 Å². The molecule has 1 aromatic heterocycles. The predicted molar refractivity (Wildman–Crippen MR) is 58.3 cm³/mol. The summed E-state index contributed by atoms with van der Waals surface area (Å²) in [6, 6.07) is 3.17.